The van der Waals surface area contributed by atoms with E-state index in [-0.39, 0.29) is 18.6 Å². The van der Waals surface area contributed by atoms with Gasteiger partial charge in [0.25, 0.3) is 0 Å². The molecule has 2 aromatic rings. The first-order valence-corrected chi connectivity index (χ1v) is 15.2. The first kappa shape index (κ1) is 28.5. The Bertz CT molecular complexity index is 1250. The minimum atomic E-state index is -3.43. The second kappa shape index (κ2) is 13.0. The molecule has 38 heavy (non-hydrogen) atoms. The molecule has 0 amide bonds. The van der Waals surface area contributed by atoms with Gasteiger partial charge in [-0.3, -0.25) is 0 Å². The van der Waals surface area contributed by atoms with Crippen molar-refractivity contribution in [1.82, 2.24) is 19.2 Å². The van der Waals surface area contributed by atoms with E-state index in [4.69, 9.17) is 21.6 Å². The molecule has 0 unspecified atom stereocenters. The molecule has 0 atom stereocenters. The smallest absolute Gasteiger partial charge is 0.229 e. The first-order valence-electron chi connectivity index (χ1n) is 13.0. The minimum Gasteiger partial charge on any atom is -0.383 e. The lowest BCUT2D eigenvalue weighted by molar-refractivity contribution is 0.150. The fraction of sp³-hybridized carbons (Fsp3) is 0.577. The van der Waals surface area contributed by atoms with Crippen LogP contribution in [0.3, 0.4) is 0 Å². The summed E-state index contributed by atoms with van der Waals surface area (Å²) < 4.78 is 30.7. The van der Waals surface area contributed by atoms with Gasteiger partial charge in [-0.15, -0.1) is 0 Å². The molecule has 1 aliphatic heterocycles. The van der Waals surface area contributed by atoms with E-state index >= 15 is 0 Å². The average Bonchev–Trinajstić information content (AvgIpc) is 3.10. The maximum absolute atomic E-state index is 12.1. The van der Waals surface area contributed by atoms with Gasteiger partial charge in [0, 0.05) is 44.5 Å². The third-order valence-electron chi connectivity index (χ3n) is 7.31. The highest BCUT2D eigenvalue weighted by Gasteiger charge is 2.31. The molecule has 12 heteroatoms. The SMILES string of the molecule is COCCN1CCc2ccc(Nc3ncc(Cl)c(N[C@H]4CC[C@@H](N(CC#N)S(C)(=O)=O)CC4)n3)cc2CC1. The molecule has 0 saturated heterocycles. The Hall–Kier alpha value is -2.49. The summed E-state index contributed by atoms with van der Waals surface area (Å²) in [6.07, 6.45) is 7.57. The number of nitriles is 1. The van der Waals surface area contributed by atoms with Crippen LogP contribution in [0.4, 0.5) is 17.5 Å². The molecule has 4 rings (SSSR count). The maximum Gasteiger partial charge on any atom is 0.229 e. The third-order valence-corrected chi connectivity index (χ3v) is 8.87. The van der Waals surface area contributed by atoms with Crippen LogP contribution in [0.1, 0.15) is 36.8 Å². The largest absolute Gasteiger partial charge is 0.383 e. The average molecular weight is 562 g/mol. The van der Waals surface area contributed by atoms with Crippen LogP contribution in [0, 0.1) is 11.3 Å². The van der Waals surface area contributed by atoms with Gasteiger partial charge in [0.2, 0.25) is 16.0 Å². The van der Waals surface area contributed by atoms with E-state index in [1.54, 1.807) is 13.3 Å². The fourth-order valence-corrected chi connectivity index (χ4v) is 6.43. The van der Waals surface area contributed by atoms with Gasteiger partial charge in [-0.05, 0) is 61.8 Å². The van der Waals surface area contributed by atoms with Crippen molar-refractivity contribution in [2.45, 2.75) is 50.6 Å². The Balaban J connectivity index is 1.37. The number of fused-ring (bicyclic) bond motifs is 1. The summed E-state index contributed by atoms with van der Waals surface area (Å²) in [6, 6.07) is 8.32. The van der Waals surface area contributed by atoms with E-state index in [1.807, 2.05) is 6.07 Å². The predicted molar refractivity (Wildman–Crippen MR) is 149 cm³/mol. The highest BCUT2D eigenvalue weighted by molar-refractivity contribution is 7.88. The van der Waals surface area contributed by atoms with Crippen LogP contribution in [0.15, 0.2) is 24.4 Å². The number of halogens is 1. The summed E-state index contributed by atoms with van der Waals surface area (Å²) in [5, 5.41) is 16.2. The topological polar surface area (TPSA) is 123 Å². The molecule has 1 aromatic carbocycles. The highest BCUT2D eigenvalue weighted by atomic mass is 35.5. The van der Waals surface area contributed by atoms with Gasteiger partial charge in [0.15, 0.2) is 5.82 Å². The lowest BCUT2D eigenvalue weighted by Gasteiger charge is -2.34. The Kier molecular flexibility index (Phi) is 9.79. The number of sulfonamides is 1. The number of nitrogens with one attached hydrogen (secondary N) is 2. The molecule has 0 radical (unpaired) electrons. The number of methoxy groups -OCH3 is 1. The fourth-order valence-electron chi connectivity index (χ4n) is 5.24. The number of hydrogen-bond acceptors (Lipinski definition) is 9. The minimum absolute atomic E-state index is 0.101. The van der Waals surface area contributed by atoms with Crippen molar-refractivity contribution in [3.8, 4) is 6.07 Å². The Labute approximate surface area is 230 Å². The molecule has 2 heterocycles. The summed E-state index contributed by atoms with van der Waals surface area (Å²) in [7, 11) is -1.69. The molecule has 2 aliphatic rings. The molecule has 1 aliphatic carbocycles. The van der Waals surface area contributed by atoms with Gasteiger partial charge in [0.05, 0.1) is 25.1 Å². The van der Waals surface area contributed by atoms with Crippen LogP contribution >= 0.6 is 11.6 Å². The Morgan fingerprint density at radius 2 is 1.95 bits per heavy atom. The predicted octanol–water partition coefficient (Wildman–Crippen LogP) is 3.43. The number of ether oxygens (including phenoxy) is 1. The number of rotatable bonds is 10. The third kappa shape index (κ3) is 7.55. The van der Waals surface area contributed by atoms with Crippen molar-refractivity contribution in [1.29, 1.82) is 5.26 Å². The van der Waals surface area contributed by atoms with Gasteiger partial charge in [-0.1, -0.05) is 17.7 Å². The van der Waals surface area contributed by atoms with E-state index < -0.39 is 10.0 Å². The number of nitrogens with zero attached hydrogens (tertiary/aromatic N) is 5. The summed E-state index contributed by atoms with van der Waals surface area (Å²) in [4.78, 5) is 11.4. The standard InChI is InChI=1S/C26H36ClN7O3S/c1-37-16-15-33-12-9-19-3-4-22(17-20(19)10-13-33)31-26-29-18-24(27)25(32-26)30-21-5-7-23(8-6-21)34(14-11-28)38(2,35)36/h3-4,17-18,21,23H,5-10,12-16H2,1-2H3,(H2,29,30,31,32)/t21-,23+. The van der Waals surface area contributed by atoms with E-state index in [9.17, 15) is 8.42 Å². The van der Waals surface area contributed by atoms with Gasteiger partial charge < -0.3 is 20.3 Å². The van der Waals surface area contributed by atoms with Crippen LogP contribution in [0.5, 0.6) is 0 Å². The summed E-state index contributed by atoms with van der Waals surface area (Å²) in [6.45, 7) is 3.61. The molecule has 1 saturated carbocycles. The summed E-state index contributed by atoms with van der Waals surface area (Å²) in [5.74, 6) is 1.01. The van der Waals surface area contributed by atoms with Crippen LogP contribution in [0.25, 0.3) is 0 Å². The number of anilines is 3. The summed E-state index contributed by atoms with van der Waals surface area (Å²) in [5.41, 5.74) is 3.63. The monoisotopic (exact) mass is 561 g/mol. The Morgan fingerprint density at radius 1 is 1.21 bits per heavy atom. The van der Waals surface area contributed by atoms with Gasteiger partial charge in [0.1, 0.15) is 11.6 Å². The van der Waals surface area contributed by atoms with Crippen LogP contribution in [-0.2, 0) is 27.6 Å². The van der Waals surface area contributed by atoms with Crippen LogP contribution in [0.2, 0.25) is 5.02 Å². The second-order valence-corrected chi connectivity index (χ2v) is 12.3. The highest BCUT2D eigenvalue weighted by Crippen LogP contribution is 2.29. The van der Waals surface area contributed by atoms with E-state index in [0.29, 0.717) is 29.6 Å². The van der Waals surface area contributed by atoms with Crippen LogP contribution < -0.4 is 10.6 Å². The lowest BCUT2D eigenvalue weighted by Crippen LogP contribution is -2.43. The molecule has 1 fully saturated rings. The zero-order chi connectivity index (χ0) is 27.1. The molecule has 1 aromatic heterocycles. The first-order chi connectivity index (χ1) is 18.3. The number of aromatic nitrogens is 2. The maximum atomic E-state index is 12.1. The molecule has 2 N–H and O–H groups in total. The quantitative estimate of drug-likeness (QED) is 0.420. The molecule has 10 nitrogen and oxygen atoms in total. The number of benzene rings is 1. The lowest BCUT2D eigenvalue weighted by atomic mass is 9.91. The van der Waals surface area contributed by atoms with Crippen molar-refractivity contribution in [3.05, 3.63) is 40.5 Å². The summed E-state index contributed by atoms with van der Waals surface area (Å²) >= 11 is 6.41. The molecule has 0 spiro atoms. The zero-order valence-corrected chi connectivity index (χ0v) is 23.6. The van der Waals surface area contributed by atoms with E-state index in [1.165, 1.54) is 15.4 Å². The molecule has 206 valence electrons. The van der Waals surface area contributed by atoms with Crippen molar-refractivity contribution in [3.63, 3.8) is 0 Å². The van der Waals surface area contributed by atoms with Crippen molar-refractivity contribution >= 4 is 39.1 Å². The van der Waals surface area contributed by atoms with Crippen LogP contribution in [-0.4, -0.2) is 85.8 Å². The number of hydrogen-bond donors (Lipinski definition) is 2. The molecular weight excluding hydrogens is 526 g/mol. The van der Waals surface area contributed by atoms with Crippen molar-refractivity contribution in [2.75, 3.05) is 56.8 Å². The normalized spacial score (nSPS) is 20.4. The zero-order valence-electron chi connectivity index (χ0n) is 22.0. The van der Waals surface area contributed by atoms with Gasteiger partial charge in [-0.2, -0.15) is 14.6 Å². The Morgan fingerprint density at radius 3 is 2.63 bits per heavy atom. The van der Waals surface area contributed by atoms with E-state index in [2.05, 4.69) is 43.7 Å². The molecular formula is C26H36ClN7O3S. The van der Waals surface area contributed by atoms with Crippen molar-refractivity contribution < 1.29 is 13.2 Å². The van der Waals surface area contributed by atoms with E-state index in [0.717, 1.165) is 63.9 Å². The molecule has 0 bridgehead atoms. The second-order valence-electron chi connectivity index (χ2n) is 9.95. The van der Waals surface area contributed by atoms with Crippen molar-refractivity contribution in [2.24, 2.45) is 0 Å². The van der Waals surface area contributed by atoms with Gasteiger partial charge in [-0.25, -0.2) is 13.4 Å². The van der Waals surface area contributed by atoms with Gasteiger partial charge >= 0.3 is 0 Å².